The summed E-state index contributed by atoms with van der Waals surface area (Å²) >= 11 is 0. The van der Waals surface area contributed by atoms with Crippen LogP contribution in [0.25, 0.3) is 0 Å². The van der Waals surface area contributed by atoms with Crippen LogP contribution >= 0.6 is 0 Å². The molecule has 0 aliphatic carbocycles. The first kappa shape index (κ1) is 28.7. The molecule has 1 rings (SSSR count). The first-order chi connectivity index (χ1) is 13.5. The van der Waals surface area contributed by atoms with Gasteiger partial charge < -0.3 is 6.16 Å². The van der Waals surface area contributed by atoms with Crippen molar-refractivity contribution in [2.45, 2.75) is 102 Å². The molecule has 0 atom stereocenters. The summed E-state index contributed by atoms with van der Waals surface area (Å²) in [4.78, 5) is -0.115. The zero-order chi connectivity index (χ0) is 20.7. The topological polar surface area (TPSA) is 63.6 Å². The number of hydrogen-bond donors (Lipinski definition) is 1. The fourth-order valence-corrected chi connectivity index (χ4v) is 3.58. The predicted octanol–water partition coefficient (Wildman–Crippen LogP) is 4.42. The van der Waals surface area contributed by atoms with Gasteiger partial charge in [0.25, 0.3) is 10.1 Å². The fourth-order valence-electron chi connectivity index (χ4n) is 3.10. The van der Waals surface area contributed by atoms with E-state index in [-0.39, 0.29) is 35.9 Å². The Morgan fingerprint density at radius 1 is 0.897 bits per heavy atom. The molecule has 4 nitrogen and oxygen atoms in total. The fraction of sp³-hybridized carbons (Fsp3) is 0.652. The molecular formula is C23H39NaO4S. The molecule has 0 unspecified atom stereocenters. The van der Waals surface area contributed by atoms with Gasteiger partial charge in [-0.3, -0.25) is 4.55 Å². The van der Waals surface area contributed by atoms with Crippen molar-refractivity contribution < 1.29 is 48.7 Å². The summed E-state index contributed by atoms with van der Waals surface area (Å²) in [6.45, 7) is 4.42. The van der Waals surface area contributed by atoms with Gasteiger partial charge in [0.2, 0.25) is 0 Å². The quantitative estimate of drug-likeness (QED) is 0.181. The minimum atomic E-state index is -4.17. The number of allylic oxidation sites excluding steroid dienone is 2. The molecule has 0 fully saturated rings. The molecular weight excluding hydrogens is 395 g/mol. The van der Waals surface area contributed by atoms with Crippen LogP contribution in [0.3, 0.4) is 0 Å². The Morgan fingerprint density at radius 2 is 1.41 bits per heavy atom. The Hall–Kier alpha value is -0.330. The van der Waals surface area contributed by atoms with E-state index >= 15 is 0 Å². The third-order valence-electron chi connectivity index (χ3n) is 4.83. The molecule has 0 spiro atoms. The van der Waals surface area contributed by atoms with Crippen molar-refractivity contribution in [1.29, 1.82) is 0 Å². The number of benzene rings is 1. The van der Waals surface area contributed by atoms with Crippen LogP contribution < -0.4 is 34.3 Å². The summed E-state index contributed by atoms with van der Waals surface area (Å²) in [6, 6.07) is 5.92. The monoisotopic (exact) mass is 434 g/mol. The maximum atomic E-state index is 11.1. The number of unbranched alkanes of at least 4 members (excludes halogenated alkanes) is 10. The summed E-state index contributed by atoms with van der Waals surface area (Å²) in [6.07, 6.45) is 18.0. The van der Waals surface area contributed by atoms with E-state index in [4.69, 9.17) is 9.29 Å². The third-order valence-corrected chi connectivity index (χ3v) is 5.69. The largest absolute Gasteiger partial charge is 1.00 e. The van der Waals surface area contributed by atoms with Crippen LogP contribution in [0.1, 0.15) is 98.7 Å². The molecule has 0 saturated heterocycles. The number of hydrogen-bond acceptors (Lipinski definition) is 3. The first-order valence-electron chi connectivity index (χ1n) is 10.9. The summed E-state index contributed by atoms with van der Waals surface area (Å²) in [5.41, 5.74) is 0. The van der Waals surface area contributed by atoms with Crippen molar-refractivity contribution in [3.05, 3.63) is 36.1 Å². The summed E-state index contributed by atoms with van der Waals surface area (Å²) in [5.74, 6) is 1.56. The maximum absolute atomic E-state index is 11.1. The van der Waals surface area contributed by atoms with Gasteiger partial charge in [-0.05, 0) is 49.6 Å². The Labute approximate surface area is 202 Å². The zero-order valence-electron chi connectivity index (χ0n) is 19.7. The SMILES string of the molecule is CCCCC=C(CCCCCCCCCCC)Oc1ccc(S(=O)(=O)O)cc1.[H-].[Na+]. The Kier molecular flexibility index (Phi) is 17.2. The van der Waals surface area contributed by atoms with Gasteiger partial charge in [0.1, 0.15) is 11.5 Å². The van der Waals surface area contributed by atoms with E-state index < -0.39 is 10.1 Å². The Morgan fingerprint density at radius 3 is 1.93 bits per heavy atom. The van der Waals surface area contributed by atoms with E-state index in [0.717, 1.165) is 37.9 Å². The molecule has 1 N–H and O–H groups in total. The molecule has 1 aromatic rings. The van der Waals surface area contributed by atoms with Crippen LogP contribution in [0.15, 0.2) is 41.0 Å². The van der Waals surface area contributed by atoms with Gasteiger partial charge in [0.15, 0.2) is 0 Å². The summed E-state index contributed by atoms with van der Waals surface area (Å²) < 4.78 is 37.3. The Balaban J connectivity index is 0. The van der Waals surface area contributed by atoms with Gasteiger partial charge in [-0.2, -0.15) is 8.42 Å². The molecule has 0 aliphatic rings. The van der Waals surface area contributed by atoms with Crippen LogP contribution in [0.5, 0.6) is 5.75 Å². The van der Waals surface area contributed by atoms with Crippen LogP contribution in [-0.2, 0) is 10.1 Å². The van der Waals surface area contributed by atoms with E-state index in [1.165, 1.54) is 63.5 Å². The molecule has 0 aliphatic heterocycles. The normalized spacial score (nSPS) is 11.9. The second-order valence-electron chi connectivity index (χ2n) is 7.44. The maximum Gasteiger partial charge on any atom is 1.00 e. The van der Waals surface area contributed by atoms with Gasteiger partial charge in [0, 0.05) is 6.42 Å². The van der Waals surface area contributed by atoms with Crippen molar-refractivity contribution in [3.63, 3.8) is 0 Å². The van der Waals surface area contributed by atoms with Crippen molar-refractivity contribution in [3.8, 4) is 5.75 Å². The molecule has 0 aromatic heterocycles. The standard InChI is InChI=1S/C23H38O4S.Na.H/c1-3-5-7-8-9-10-11-12-14-16-21(15-13-6-4-2)27-22-17-19-23(20-18-22)28(24,25)26;;/h15,17-20H,3-14,16H2,1-2H3,(H,24,25,26);;/q;+1;-1. The second kappa shape index (κ2) is 17.4. The summed E-state index contributed by atoms with van der Waals surface area (Å²) in [5, 5.41) is 0. The van der Waals surface area contributed by atoms with Crippen molar-refractivity contribution >= 4 is 10.1 Å². The van der Waals surface area contributed by atoms with Crippen LogP contribution in [0.4, 0.5) is 0 Å². The third kappa shape index (κ3) is 14.3. The molecule has 6 heteroatoms. The molecule has 1 aromatic carbocycles. The predicted molar refractivity (Wildman–Crippen MR) is 117 cm³/mol. The van der Waals surface area contributed by atoms with Crippen LogP contribution in [0.2, 0.25) is 0 Å². The molecule has 29 heavy (non-hydrogen) atoms. The van der Waals surface area contributed by atoms with Crippen molar-refractivity contribution in [1.82, 2.24) is 0 Å². The van der Waals surface area contributed by atoms with Crippen molar-refractivity contribution in [2.75, 3.05) is 0 Å². The van der Waals surface area contributed by atoms with Gasteiger partial charge >= 0.3 is 29.6 Å². The first-order valence-corrected chi connectivity index (χ1v) is 12.4. The van der Waals surface area contributed by atoms with Gasteiger partial charge in [-0.1, -0.05) is 71.6 Å². The van der Waals surface area contributed by atoms with Crippen LogP contribution in [-0.4, -0.2) is 13.0 Å². The Bertz CT molecular complexity index is 660. The molecule has 0 heterocycles. The molecule has 0 amide bonds. The van der Waals surface area contributed by atoms with Gasteiger partial charge in [-0.15, -0.1) is 0 Å². The van der Waals surface area contributed by atoms with E-state index in [9.17, 15) is 8.42 Å². The summed E-state index contributed by atoms with van der Waals surface area (Å²) in [7, 11) is -4.17. The average Bonchev–Trinajstić information content (AvgIpc) is 2.66. The van der Waals surface area contributed by atoms with E-state index in [1.54, 1.807) is 12.1 Å². The smallest absolute Gasteiger partial charge is 1.00 e. The molecule has 0 bridgehead atoms. The van der Waals surface area contributed by atoms with Gasteiger partial charge in [0.05, 0.1) is 4.90 Å². The van der Waals surface area contributed by atoms with Crippen molar-refractivity contribution in [2.24, 2.45) is 0 Å². The van der Waals surface area contributed by atoms with E-state index in [2.05, 4.69) is 19.9 Å². The van der Waals surface area contributed by atoms with Crippen LogP contribution in [0, 0.1) is 0 Å². The molecule has 0 saturated carbocycles. The number of ether oxygens (including phenoxy) is 1. The second-order valence-corrected chi connectivity index (χ2v) is 8.86. The van der Waals surface area contributed by atoms with Gasteiger partial charge in [-0.25, -0.2) is 0 Å². The van der Waals surface area contributed by atoms with E-state index in [0.29, 0.717) is 5.75 Å². The van der Waals surface area contributed by atoms with E-state index in [1.807, 2.05) is 0 Å². The zero-order valence-corrected chi connectivity index (χ0v) is 21.5. The number of rotatable bonds is 16. The average molecular weight is 435 g/mol. The molecule has 162 valence electrons. The minimum absolute atomic E-state index is 0. The minimum Gasteiger partial charge on any atom is -1.00 e. The molecule has 0 radical (unpaired) electrons.